The van der Waals surface area contributed by atoms with Crippen LogP contribution in [0.4, 0.5) is 14.6 Å². The Hall–Kier alpha value is -2.43. The van der Waals surface area contributed by atoms with Gasteiger partial charge in [-0.3, -0.25) is 4.79 Å². The van der Waals surface area contributed by atoms with Crippen molar-refractivity contribution in [1.29, 1.82) is 0 Å². The molecule has 1 aromatic rings. The summed E-state index contributed by atoms with van der Waals surface area (Å²) in [7, 11) is 8.60. The molecule has 180 valence electrons. The molecule has 4 radical (unpaired) electrons. The van der Waals surface area contributed by atoms with Crippen molar-refractivity contribution in [3.8, 4) is 11.8 Å². The van der Waals surface area contributed by atoms with Gasteiger partial charge in [0.2, 0.25) is 11.9 Å². The molecule has 1 aromatic heterocycles. The number of anilines is 1. The van der Waals surface area contributed by atoms with Crippen LogP contribution in [-0.2, 0) is 23.4 Å². The minimum Gasteiger partial charge on any atom is -0.462 e. The summed E-state index contributed by atoms with van der Waals surface area (Å²) in [5, 5.41) is 13.8. The summed E-state index contributed by atoms with van der Waals surface area (Å²) in [5.74, 6) is 2.57. The van der Waals surface area contributed by atoms with Gasteiger partial charge in [-0.1, -0.05) is 16.9 Å². The first-order chi connectivity index (χ1) is 15.7. The summed E-state index contributed by atoms with van der Waals surface area (Å²) in [6.07, 6.45) is -6.03. The van der Waals surface area contributed by atoms with Crippen LogP contribution in [0.25, 0.3) is 0 Å². The van der Waals surface area contributed by atoms with Crippen molar-refractivity contribution in [2.75, 3.05) is 12.4 Å². The van der Waals surface area contributed by atoms with Crippen LogP contribution < -0.4 is 16.5 Å². The second-order valence-electron chi connectivity index (χ2n) is 7.50. The van der Waals surface area contributed by atoms with Crippen LogP contribution in [0.5, 0.6) is 0 Å². The Kier molecular flexibility index (Phi) is 8.90. The fourth-order valence-corrected chi connectivity index (χ4v) is 3.73. The zero-order valence-electron chi connectivity index (χ0n) is 18.3. The third kappa shape index (κ3) is 6.17. The number of aliphatic hydroxyl groups excluding tert-OH is 1. The molecule has 34 heavy (non-hydrogen) atoms. The number of esters is 1. The summed E-state index contributed by atoms with van der Waals surface area (Å²) in [6.45, 7) is 3.23. The molecule has 12 nitrogen and oxygen atoms in total. The van der Waals surface area contributed by atoms with Gasteiger partial charge in [-0.05, 0) is 25.3 Å². The molecule has 2 rings (SSSR count). The van der Waals surface area contributed by atoms with Crippen molar-refractivity contribution in [1.82, 2.24) is 19.9 Å². The summed E-state index contributed by atoms with van der Waals surface area (Å²) < 4.78 is 56.4. The van der Waals surface area contributed by atoms with E-state index in [1.165, 1.54) is 6.92 Å². The highest BCUT2D eigenvalue weighted by Crippen LogP contribution is 2.44. The van der Waals surface area contributed by atoms with Gasteiger partial charge >= 0.3 is 19.8 Å². The molecule has 3 unspecified atom stereocenters. The largest absolute Gasteiger partial charge is 0.612 e. The fourth-order valence-electron chi connectivity index (χ4n) is 2.86. The lowest BCUT2D eigenvalue weighted by Crippen LogP contribution is -2.53. The van der Waals surface area contributed by atoms with Crippen molar-refractivity contribution in [2.24, 2.45) is 0 Å². The number of nitrogens with zero attached hydrogens (tertiary/aromatic N) is 3. The topological polar surface area (TPSA) is 168 Å². The Morgan fingerprint density at radius 1 is 1.53 bits per heavy atom. The Morgan fingerprint density at radius 2 is 2.18 bits per heavy atom. The van der Waals surface area contributed by atoms with E-state index in [1.54, 1.807) is 19.8 Å². The normalized spacial score (nSPS) is 26.0. The van der Waals surface area contributed by atoms with Gasteiger partial charge in [-0.15, -0.1) is 4.52 Å². The van der Waals surface area contributed by atoms with E-state index in [4.69, 9.17) is 35.4 Å². The van der Waals surface area contributed by atoms with Gasteiger partial charge in [0.1, 0.15) is 46.4 Å². The molecule has 0 saturated carbocycles. The minimum atomic E-state index is -3.17. The maximum atomic E-state index is 15.8. The monoisotopic (exact) mass is 498 g/mol. The molecule has 0 bridgehead atoms. The van der Waals surface area contributed by atoms with Crippen molar-refractivity contribution < 1.29 is 37.2 Å². The van der Waals surface area contributed by atoms with Crippen LogP contribution >= 0.6 is 8.18 Å². The molecule has 1 fully saturated rings. The van der Waals surface area contributed by atoms with Gasteiger partial charge in [0.15, 0.2) is 0 Å². The maximum absolute atomic E-state index is 15.8. The quantitative estimate of drug-likeness (QED) is 0.170. The number of alkyl halides is 2. The molecule has 4 N–H and O–H groups in total. The van der Waals surface area contributed by atoms with Gasteiger partial charge in [0.05, 0.1) is 17.7 Å². The number of carbonyl (C=O) groups is 1. The number of carbonyl (C=O) groups excluding carboxylic acids is 1. The summed E-state index contributed by atoms with van der Waals surface area (Å²) in [6, 6.07) is -1.12. The number of ether oxygens (including phenoxy) is 2. The number of aromatic nitrogens is 3. The standard InChI is InChI=1S/C17H20B2F2N5O7P/c1-8(2)31-13(28)9(3)25-34(30)33-17(18,19)12-11(27)16(21,5-4-6-20)14(32-12)26-15(29)24-10(22)7-23-26/h7-9,11-12,14,27H,6H2,1-3H3,(H2-,22,24,25,29,30)/p+1/t9-,11?,12?,14+,16+/m0/s1. The first-order valence-electron chi connectivity index (χ1n) is 9.73. The Bertz CT molecular complexity index is 1050. The molecule has 0 spiro atoms. The third-order valence-corrected chi connectivity index (χ3v) is 5.43. The Balaban J connectivity index is 2.30. The molecule has 1 aliphatic rings. The number of hydrogen-bond donors (Lipinski definition) is 3. The van der Waals surface area contributed by atoms with E-state index in [1.807, 2.05) is 5.92 Å². The first kappa shape index (κ1) is 27.8. The summed E-state index contributed by atoms with van der Waals surface area (Å²) in [4.78, 5) is 27.4. The lowest BCUT2D eigenvalue weighted by Gasteiger charge is -2.29. The zero-order chi connectivity index (χ0) is 25.8. The highest BCUT2D eigenvalue weighted by molar-refractivity contribution is 7.37. The number of rotatable bonds is 8. The number of hydrogen-bond acceptors (Lipinski definition) is 10. The van der Waals surface area contributed by atoms with Gasteiger partial charge in [-0.2, -0.15) is 14.8 Å². The van der Waals surface area contributed by atoms with Gasteiger partial charge in [0, 0.05) is 0 Å². The smallest absolute Gasteiger partial charge is 0.462 e. The van der Waals surface area contributed by atoms with Crippen LogP contribution in [0.1, 0.15) is 27.0 Å². The second kappa shape index (κ2) is 10.9. The van der Waals surface area contributed by atoms with Crippen LogP contribution in [0.3, 0.4) is 0 Å². The molecule has 2 heterocycles. The summed E-state index contributed by atoms with van der Waals surface area (Å²) >= 11 is 0. The van der Waals surface area contributed by atoms with Crippen LogP contribution in [0.15, 0.2) is 11.0 Å². The molecular formula is C17H21B2F2N5O7P+. The third-order valence-electron chi connectivity index (χ3n) is 4.35. The molecule has 0 aromatic carbocycles. The number of nitrogens with one attached hydrogen (secondary N) is 1. The summed E-state index contributed by atoms with van der Waals surface area (Å²) in [5.41, 5.74) is 0.997. The van der Waals surface area contributed by atoms with E-state index < -0.39 is 68.2 Å². The minimum absolute atomic E-state index is 0.292. The Morgan fingerprint density at radius 3 is 2.74 bits per heavy atom. The molecule has 17 heteroatoms. The van der Waals surface area contributed by atoms with E-state index in [9.17, 15) is 23.7 Å². The lowest BCUT2D eigenvalue weighted by molar-refractivity contribution is -0.149. The van der Waals surface area contributed by atoms with E-state index >= 15 is 4.39 Å². The average Bonchev–Trinajstić information content (AvgIpc) is 2.97. The molecule has 0 aliphatic carbocycles. The molecule has 1 saturated heterocycles. The maximum Gasteiger partial charge on any atom is 0.612 e. The van der Waals surface area contributed by atoms with Gasteiger partial charge in [-0.25, -0.2) is 13.6 Å². The Labute approximate surface area is 196 Å². The molecule has 1 aliphatic heterocycles. The van der Waals surface area contributed by atoms with Gasteiger partial charge in [0.25, 0.3) is 0 Å². The van der Waals surface area contributed by atoms with Gasteiger partial charge < -0.3 is 20.3 Å². The average molecular weight is 498 g/mol. The zero-order valence-corrected chi connectivity index (χ0v) is 19.2. The van der Waals surface area contributed by atoms with Crippen molar-refractivity contribution in [2.45, 2.75) is 62.4 Å². The van der Waals surface area contributed by atoms with Crippen molar-refractivity contribution in [3.05, 3.63) is 16.7 Å². The lowest BCUT2D eigenvalue weighted by atomic mass is 9.60. The van der Waals surface area contributed by atoms with E-state index in [0.717, 1.165) is 6.20 Å². The molecule has 0 amide bonds. The predicted molar refractivity (Wildman–Crippen MR) is 115 cm³/mol. The molecule has 6 atom stereocenters. The highest BCUT2D eigenvalue weighted by atomic mass is 31.1. The number of halogens is 2. The van der Waals surface area contributed by atoms with Crippen molar-refractivity contribution >= 4 is 35.7 Å². The predicted octanol–water partition coefficient (Wildman–Crippen LogP) is -1.25. The number of nitrogen functional groups attached to an aromatic ring is 1. The molecular weight excluding hydrogens is 477 g/mol. The number of aliphatic hydroxyl groups is 1. The second-order valence-corrected chi connectivity index (χ2v) is 8.46. The first-order valence-corrected chi connectivity index (χ1v) is 10.9. The van der Waals surface area contributed by atoms with Crippen LogP contribution in [0.2, 0.25) is 0 Å². The van der Waals surface area contributed by atoms with Crippen molar-refractivity contribution in [3.63, 3.8) is 0 Å². The van der Waals surface area contributed by atoms with Crippen LogP contribution in [-0.4, -0.2) is 83.6 Å². The SMILES string of the molecule is [B]C([B])(O[P+](=O)N[C@@H](C)C(=O)OC(C)C)C1O[C@@H](n2ncc(N)nc2=O)[C@@](F)(C#CCF)C1O. The van der Waals surface area contributed by atoms with E-state index in [2.05, 4.69) is 15.2 Å². The fraction of sp³-hybridized carbons (Fsp3) is 0.647. The van der Waals surface area contributed by atoms with E-state index in [0.29, 0.717) is 4.68 Å². The van der Waals surface area contributed by atoms with E-state index in [-0.39, 0.29) is 5.82 Å². The van der Waals surface area contributed by atoms with Crippen LogP contribution in [0, 0.1) is 11.8 Å². The highest BCUT2D eigenvalue weighted by Gasteiger charge is 2.63. The number of nitrogens with two attached hydrogens (primary N) is 1.